The molecule has 2 aromatic rings. The molecular weight excluding hydrogens is 310 g/mol. The smallest absolute Gasteiger partial charge is 0.257 e. The SMILES string of the molecule is O=C(Nc1nc(C2CC2)cs1)c1cccc(N2CCCC2=O)c1. The number of hydrogen-bond acceptors (Lipinski definition) is 4. The maximum absolute atomic E-state index is 12.4. The summed E-state index contributed by atoms with van der Waals surface area (Å²) in [7, 11) is 0. The van der Waals surface area contributed by atoms with Crippen LogP contribution in [0.2, 0.25) is 0 Å². The lowest BCUT2D eigenvalue weighted by Crippen LogP contribution is -2.24. The summed E-state index contributed by atoms with van der Waals surface area (Å²) in [5.74, 6) is 0.521. The first-order valence-electron chi connectivity index (χ1n) is 7.88. The highest BCUT2D eigenvalue weighted by atomic mass is 32.1. The summed E-state index contributed by atoms with van der Waals surface area (Å²) in [6, 6.07) is 7.21. The summed E-state index contributed by atoms with van der Waals surface area (Å²) in [4.78, 5) is 30.5. The summed E-state index contributed by atoms with van der Waals surface area (Å²) >= 11 is 1.46. The van der Waals surface area contributed by atoms with Crippen molar-refractivity contribution in [2.24, 2.45) is 0 Å². The highest BCUT2D eigenvalue weighted by Gasteiger charge is 2.26. The largest absolute Gasteiger partial charge is 0.312 e. The zero-order valence-corrected chi connectivity index (χ0v) is 13.4. The summed E-state index contributed by atoms with van der Waals surface area (Å²) in [5, 5.41) is 5.51. The lowest BCUT2D eigenvalue weighted by Gasteiger charge is -2.16. The van der Waals surface area contributed by atoms with Crippen molar-refractivity contribution in [1.29, 1.82) is 0 Å². The first-order valence-corrected chi connectivity index (χ1v) is 8.76. The van der Waals surface area contributed by atoms with Crippen LogP contribution in [0, 0.1) is 0 Å². The lowest BCUT2D eigenvalue weighted by molar-refractivity contribution is -0.117. The summed E-state index contributed by atoms with van der Waals surface area (Å²) in [5.41, 5.74) is 2.42. The van der Waals surface area contributed by atoms with Crippen LogP contribution >= 0.6 is 11.3 Å². The zero-order chi connectivity index (χ0) is 15.8. The van der Waals surface area contributed by atoms with E-state index in [1.54, 1.807) is 17.0 Å². The number of amides is 2. The number of rotatable bonds is 4. The number of carbonyl (C=O) groups excluding carboxylic acids is 2. The first-order chi connectivity index (χ1) is 11.2. The molecule has 2 heterocycles. The molecule has 2 fully saturated rings. The highest BCUT2D eigenvalue weighted by Crippen LogP contribution is 2.40. The summed E-state index contributed by atoms with van der Waals surface area (Å²) in [6.07, 6.45) is 3.85. The van der Waals surface area contributed by atoms with E-state index < -0.39 is 0 Å². The number of thiazole rings is 1. The van der Waals surface area contributed by atoms with Crippen molar-refractivity contribution in [3.05, 3.63) is 40.9 Å². The fourth-order valence-electron chi connectivity index (χ4n) is 2.82. The van der Waals surface area contributed by atoms with Gasteiger partial charge in [-0.3, -0.25) is 14.9 Å². The Hall–Kier alpha value is -2.21. The minimum atomic E-state index is -0.185. The Morgan fingerprint density at radius 3 is 2.96 bits per heavy atom. The van der Waals surface area contributed by atoms with E-state index in [-0.39, 0.29) is 11.8 Å². The van der Waals surface area contributed by atoms with Gasteiger partial charge in [-0.15, -0.1) is 11.3 Å². The van der Waals surface area contributed by atoms with E-state index in [0.717, 1.165) is 24.3 Å². The molecule has 1 N–H and O–H groups in total. The number of nitrogens with one attached hydrogen (secondary N) is 1. The minimum Gasteiger partial charge on any atom is -0.312 e. The Morgan fingerprint density at radius 1 is 1.35 bits per heavy atom. The second kappa shape index (κ2) is 5.77. The van der Waals surface area contributed by atoms with Gasteiger partial charge >= 0.3 is 0 Å². The van der Waals surface area contributed by atoms with Gasteiger partial charge in [0, 0.05) is 35.5 Å². The molecule has 0 unspecified atom stereocenters. The van der Waals surface area contributed by atoms with Gasteiger partial charge in [-0.2, -0.15) is 0 Å². The second-order valence-electron chi connectivity index (χ2n) is 6.01. The van der Waals surface area contributed by atoms with Crippen LogP contribution in [0.3, 0.4) is 0 Å². The standard InChI is InChI=1S/C17H17N3O2S/c21-15-5-2-8-20(15)13-4-1-3-12(9-13)16(22)19-17-18-14(10-23-17)11-6-7-11/h1,3-4,9-11H,2,5-8H2,(H,18,19,22). The van der Waals surface area contributed by atoms with Crippen LogP contribution in [-0.4, -0.2) is 23.3 Å². The maximum Gasteiger partial charge on any atom is 0.257 e. The molecule has 1 aliphatic carbocycles. The van der Waals surface area contributed by atoms with Gasteiger partial charge < -0.3 is 4.90 Å². The van der Waals surface area contributed by atoms with Crippen LogP contribution < -0.4 is 10.2 Å². The predicted octanol–water partition coefficient (Wildman–Crippen LogP) is 3.40. The Labute approximate surface area is 138 Å². The van der Waals surface area contributed by atoms with E-state index in [9.17, 15) is 9.59 Å². The Morgan fingerprint density at radius 2 is 2.22 bits per heavy atom. The van der Waals surface area contributed by atoms with Gasteiger partial charge in [0.2, 0.25) is 5.91 Å². The minimum absolute atomic E-state index is 0.122. The molecule has 5 nitrogen and oxygen atoms in total. The number of nitrogens with zero attached hydrogens (tertiary/aromatic N) is 2. The van der Waals surface area contributed by atoms with E-state index >= 15 is 0 Å². The second-order valence-corrected chi connectivity index (χ2v) is 6.86. The van der Waals surface area contributed by atoms with Gasteiger partial charge in [-0.1, -0.05) is 6.07 Å². The van der Waals surface area contributed by atoms with Crippen molar-refractivity contribution < 1.29 is 9.59 Å². The van der Waals surface area contributed by atoms with E-state index in [1.807, 2.05) is 17.5 Å². The maximum atomic E-state index is 12.4. The van der Waals surface area contributed by atoms with E-state index in [2.05, 4.69) is 10.3 Å². The highest BCUT2D eigenvalue weighted by molar-refractivity contribution is 7.14. The average molecular weight is 327 g/mol. The van der Waals surface area contributed by atoms with Crippen molar-refractivity contribution in [3.63, 3.8) is 0 Å². The van der Waals surface area contributed by atoms with Crippen molar-refractivity contribution in [2.45, 2.75) is 31.6 Å². The third-order valence-electron chi connectivity index (χ3n) is 4.23. The van der Waals surface area contributed by atoms with Gasteiger partial charge in [0.25, 0.3) is 5.91 Å². The Balaban J connectivity index is 1.50. The Bertz CT molecular complexity index is 767. The number of anilines is 2. The normalized spacial score (nSPS) is 17.6. The van der Waals surface area contributed by atoms with Gasteiger partial charge in [0.1, 0.15) is 0 Å². The lowest BCUT2D eigenvalue weighted by atomic mass is 10.2. The molecule has 23 heavy (non-hydrogen) atoms. The molecular formula is C17H17N3O2S. The summed E-state index contributed by atoms with van der Waals surface area (Å²) < 4.78 is 0. The van der Waals surface area contributed by atoms with Crippen LogP contribution in [0.15, 0.2) is 29.6 Å². The molecule has 1 saturated heterocycles. The van der Waals surface area contributed by atoms with Crippen LogP contribution in [0.25, 0.3) is 0 Å². The number of hydrogen-bond donors (Lipinski definition) is 1. The predicted molar refractivity (Wildman–Crippen MR) is 90.1 cm³/mol. The molecule has 0 radical (unpaired) electrons. The van der Waals surface area contributed by atoms with E-state index in [4.69, 9.17) is 0 Å². The van der Waals surface area contributed by atoms with Gasteiger partial charge in [0.05, 0.1) is 5.69 Å². The molecule has 2 aliphatic rings. The molecule has 1 saturated carbocycles. The molecule has 118 valence electrons. The molecule has 6 heteroatoms. The van der Waals surface area contributed by atoms with Gasteiger partial charge in [-0.25, -0.2) is 4.98 Å². The average Bonchev–Trinajstić information content (AvgIpc) is 3.16. The molecule has 4 rings (SSSR count). The molecule has 1 aromatic carbocycles. The van der Waals surface area contributed by atoms with E-state index in [0.29, 0.717) is 23.0 Å². The van der Waals surface area contributed by atoms with Crippen LogP contribution in [-0.2, 0) is 4.79 Å². The molecule has 0 spiro atoms. The van der Waals surface area contributed by atoms with Crippen molar-refractivity contribution in [1.82, 2.24) is 4.98 Å². The van der Waals surface area contributed by atoms with Gasteiger partial charge in [0.15, 0.2) is 5.13 Å². The third kappa shape index (κ3) is 2.99. The number of benzene rings is 1. The fraction of sp³-hybridized carbons (Fsp3) is 0.353. The van der Waals surface area contributed by atoms with Crippen molar-refractivity contribution >= 4 is 34.0 Å². The first kappa shape index (κ1) is 14.4. The van der Waals surface area contributed by atoms with Crippen LogP contribution in [0.4, 0.5) is 10.8 Å². The number of aromatic nitrogens is 1. The van der Waals surface area contributed by atoms with Crippen molar-refractivity contribution in [2.75, 3.05) is 16.8 Å². The van der Waals surface area contributed by atoms with Crippen molar-refractivity contribution in [3.8, 4) is 0 Å². The molecule has 2 amide bonds. The summed E-state index contributed by atoms with van der Waals surface area (Å²) in [6.45, 7) is 0.723. The zero-order valence-electron chi connectivity index (χ0n) is 12.6. The monoisotopic (exact) mass is 327 g/mol. The molecule has 0 bridgehead atoms. The van der Waals surface area contributed by atoms with Crippen LogP contribution in [0.5, 0.6) is 0 Å². The molecule has 1 aliphatic heterocycles. The van der Waals surface area contributed by atoms with E-state index in [1.165, 1.54) is 24.2 Å². The van der Waals surface area contributed by atoms with Crippen LogP contribution in [0.1, 0.15) is 47.7 Å². The van der Waals surface area contributed by atoms with Gasteiger partial charge in [-0.05, 0) is 37.5 Å². The number of carbonyl (C=O) groups is 2. The quantitative estimate of drug-likeness (QED) is 0.936. The molecule has 0 atom stereocenters. The Kier molecular flexibility index (Phi) is 3.61. The molecule has 1 aromatic heterocycles. The topological polar surface area (TPSA) is 62.3 Å². The third-order valence-corrected chi connectivity index (χ3v) is 5.01. The fourth-order valence-corrected chi connectivity index (χ4v) is 3.60.